The number of β-amino-alcohol motifs (C(OH)–C–C–N with tert-alkyl or cyclic N) is 1. The van der Waals surface area contributed by atoms with Crippen LogP contribution in [0.4, 0.5) is 0 Å². The molecular weight excluding hydrogens is 230 g/mol. The van der Waals surface area contributed by atoms with Crippen LogP contribution < -0.4 is 0 Å². The number of likely N-dealkylation sites (tertiary alicyclic amines) is 1. The average molecular weight is 251 g/mol. The van der Waals surface area contributed by atoms with Crippen LogP contribution in [0.1, 0.15) is 19.3 Å². The molecule has 18 heavy (non-hydrogen) atoms. The Balaban J connectivity index is 1.64. The number of nitrogens with zero attached hydrogens (tertiary/aromatic N) is 1. The van der Waals surface area contributed by atoms with E-state index in [0.29, 0.717) is 24.8 Å². The molecule has 0 aromatic heterocycles. The fourth-order valence-corrected chi connectivity index (χ4v) is 3.87. The van der Waals surface area contributed by atoms with Crippen LogP contribution in [0.25, 0.3) is 0 Å². The van der Waals surface area contributed by atoms with Gasteiger partial charge in [0, 0.05) is 19.5 Å². The van der Waals surface area contributed by atoms with Gasteiger partial charge in [0.2, 0.25) is 0 Å². The second kappa shape index (κ2) is 4.67. The summed E-state index contributed by atoms with van der Waals surface area (Å²) in [6.07, 6.45) is 7.31. The second-order valence-electron chi connectivity index (χ2n) is 5.92. The standard InChI is InChI=1S/C14H21NO3/c1-18-14(17)13-6-12(16)8-15(13)7-11-5-9-2-3-10(11)4-9/h2-3,9-13,16H,4-8H2,1H3/t9-,10-,11-,12+,13-/m0/s1. The van der Waals surface area contributed by atoms with Crippen molar-refractivity contribution in [2.75, 3.05) is 20.2 Å². The molecule has 3 rings (SSSR count). The largest absolute Gasteiger partial charge is 0.468 e. The molecule has 2 fully saturated rings. The summed E-state index contributed by atoms with van der Waals surface area (Å²) in [6, 6.07) is -0.242. The predicted octanol–water partition coefficient (Wildman–Crippen LogP) is 0.807. The minimum Gasteiger partial charge on any atom is -0.468 e. The van der Waals surface area contributed by atoms with E-state index >= 15 is 0 Å². The summed E-state index contributed by atoms with van der Waals surface area (Å²) >= 11 is 0. The van der Waals surface area contributed by atoms with Gasteiger partial charge in [0.25, 0.3) is 0 Å². The van der Waals surface area contributed by atoms with Gasteiger partial charge in [-0.3, -0.25) is 9.69 Å². The summed E-state index contributed by atoms with van der Waals surface area (Å²) in [5, 5.41) is 9.76. The van der Waals surface area contributed by atoms with E-state index in [1.807, 2.05) is 0 Å². The lowest BCUT2D eigenvalue weighted by molar-refractivity contribution is -0.146. The zero-order valence-corrected chi connectivity index (χ0v) is 10.8. The van der Waals surface area contributed by atoms with Crippen LogP contribution in [0.5, 0.6) is 0 Å². The lowest BCUT2D eigenvalue weighted by atomic mass is 9.93. The fourth-order valence-electron chi connectivity index (χ4n) is 3.87. The number of carbonyl (C=O) groups is 1. The molecule has 0 unspecified atom stereocenters. The van der Waals surface area contributed by atoms with Gasteiger partial charge in [-0.15, -0.1) is 0 Å². The number of methoxy groups -OCH3 is 1. The molecule has 3 aliphatic rings. The van der Waals surface area contributed by atoms with Gasteiger partial charge in [0.15, 0.2) is 0 Å². The van der Waals surface area contributed by atoms with E-state index < -0.39 is 0 Å². The SMILES string of the molecule is COC(=O)[C@@H]1C[C@@H](O)CN1C[C@@H]1C[C@H]2C=C[C@H]1C2. The van der Waals surface area contributed by atoms with Crippen molar-refractivity contribution < 1.29 is 14.6 Å². The quantitative estimate of drug-likeness (QED) is 0.595. The summed E-state index contributed by atoms with van der Waals surface area (Å²) in [6.45, 7) is 1.53. The van der Waals surface area contributed by atoms with Crippen molar-refractivity contribution in [1.82, 2.24) is 4.90 Å². The van der Waals surface area contributed by atoms with Gasteiger partial charge in [-0.25, -0.2) is 0 Å². The lowest BCUT2D eigenvalue weighted by Crippen LogP contribution is -2.40. The smallest absolute Gasteiger partial charge is 0.323 e. The van der Waals surface area contributed by atoms with Crippen molar-refractivity contribution in [3.05, 3.63) is 12.2 Å². The van der Waals surface area contributed by atoms with E-state index in [-0.39, 0.29) is 18.1 Å². The zero-order chi connectivity index (χ0) is 12.7. The van der Waals surface area contributed by atoms with Crippen molar-refractivity contribution in [2.24, 2.45) is 17.8 Å². The number of allylic oxidation sites excluding steroid dienone is 2. The maximum atomic E-state index is 11.7. The maximum Gasteiger partial charge on any atom is 0.323 e. The summed E-state index contributed by atoms with van der Waals surface area (Å²) in [5.41, 5.74) is 0. The Morgan fingerprint density at radius 2 is 2.22 bits per heavy atom. The number of hydrogen-bond donors (Lipinski definition) is 1. The first-order valence-corrected chi connectivity index (χ1v) is 6.85. The second-order valence-corrected chi connectivity index (χ2v) is 5.92. The van der Waals surface area contributed by atoms with Crippen LogP contribution in [0.15, 0.2) is 12.2 Å². The van der Waals surface area contributed by atoms with Gasteiger partial charge in [-0.05, 0) is 30.6 Å². The third kappa shape index (κ3) is 2.08. The first-order chi connectivity index (χ1) is 8.67. The highest BCUT2D eigenvalue weighted by Crippen LogP contribution is 2.44. The minimum atomic E-state index is -0.386. The monoisotopic (exact) mass is 251 g/mol. The van der Waals surface area contributed by atoms with E-state index in [1.54, 1.807) is 0 Å². The third-order valence-electron chi connectivity index (χ3n) is 4.74. The maximum absolute atomic E-state index is 11.7. The molecule has 0 amide bonds. The van der Waals surface area contributed by atoms with Gasteiger partial charge in [-0.1, -0.05) is 12.2 Å². The number of aliphatic hydroxyl groups is 1. The predicted molar refractivity (Wildman–Crippen MR) is 66.8 cm³/mol. The molecule has 1 N–H and O–H groups in total. The van der Waals surface area contributed by atoms with Crippen LogP contribution in [-0.4, -0.2) is 48.3 Å². The lowest BCUT2D eigenvalue weighted by Gasteiger charge is -2.28. The zero-order valence-electron chi connectivity index (χ0n) is 10.8. The molecule has 1 saturated carbocycles. The molecule has 1 aliphatic heterocycles. The molecule has 1 heterocycles. The minimum absolute atomic E-state index is 0.203. The molecule has 0 aromatic carbocycles. The highest BCUT2D eigenvalue weighted by Gasteiger charge is 2.42. The number of carbonyl (C=O) groups excluding carboxylic acids is 1. The first-order valence-electron chi connectivity index (χ1n) is 6.85. The molecule has 2 bridgehead atoms. The highest BCUT2D eigenvalue weighted by atomic mass is 16.5. The normalized spacial score (nSPS) is 42.7. The van der Waals surface area contributed by atoms with E-state index in [1.165, 1.54) is 20.0 Å². The number of aliphatic hydroxyl groups excluding tert-OH is 1. The van der Waals surface area contributed by atoms with E-state index in [0.717, 1.165) is 12.5 Å². The highest BCUT2D eigenvalue weighted by molar-refractivity contribution is 5.76. The molecule has 4 nitrogen and oxygen atoms in total. The van der Waals surface area contributed by atoms with Gasteiger partial charge in [0.1, 0.15) is 6.04 Å². The number of hydrogen-bond acceptors (Lipinski definition) is 4. The van der Waals surface area contributed by atoms with Crippen molar-refractivity contribution >= 4 is 5.97 Å². The number of ether oxygens (including phenoxy) is 1. The van der Waals surface area contributed by atoms with Crippen LogP contribution in [0, 0.1) is 17.8 Å². The molecule has 4 heteroatoms. The Kier molecular flexibility index (Phi) is 3.16. The summed E-state index contributed by atoms with van der Waals surface area (Å²) in [5.74, 6) is 1.89. The van der Waals surface area contributed by atoms with Crippen LogP contribution in [0.3, 0.4) is 0 Å². The molecular formula is C14H21NO3. The van der Waals surface area contributed by atoms with Crippen molar-refractivity contribution in [2.45, 2.75) is 31.4 Å². The van der Waals surface area contributed by atoms with Crippen LogP contribution in [0.2, 0.25) is 0 Å². The van der Waals surface area contributed by atoms with Crippen molar-refractivity contribution in [3.63, 3.8) is 0 Å². The van der Waals surface area contributed by atoms with Gasteiger partial charge < -0.3 is 9.84 Å². The molecule has 0 aromatic rings. The molecule has 100 valence electrons. The van der Waals surface area contributed by atoms with Gasteiger partial charge in [0.05, 0.1) is 13.2 Å². The summed E-state index contributed by atoms with van der Waals surface area (Å²) in [4.78, 5) is 13.8. The molecule has 0 radical (unpaired) electrons. The Bertz CT molecular complexity index is 368. The van der Waals surface area contributed by atoms with Crippen molar-refractivity contribution in [1.29, 1.82) is 0 Å². The Hall–Kier alpha value is -0.870. The molecule has 0 spiro atoms. The molecule has 5 atom stereocenters. The van der Waals surface area contributed by atoms with E-state index in [4.69, 9.17) is 4.74 Å². The number of rotatable bonds is 3. The summed E-state index contributed by atoms with van der Waals surface area (Å²) < 4.78 is 4.83. The molecule has 1 saturated heterocycles. The number of esters is 1. The van der Waals surface area contributed by atoms with Crippen molar-refractivity contribution in [3.8, 4) is 0 Å². The third-order valence-corrected chi connectivity index (χ3v) is 4.74. The summed E-state index contributed by atoms with van der Waals surface area (Å²) in [7, 11) is 1.42. The topological polar surface area (TPSA) is 49.8 Å². The fraction of sp³-hybridized carbons (Fsp3) is 0.786. The molecule has 2 aliphatic carbocycles. The first kappa shape index (κ1) is 12.2. The Morgan fingerprint density at radius 3 is 2.83 bits per heavy atom. The van der Waals surface area contributed by atoms with Crippen LogP contribution in [-0.2, 0) is 9.53 Å². The van der Waals surface area contributed by atoms with Crippen LogP contribution >= 0.6 is 0 Å². The van der Waals surface area contributed by atoms with E-state index in [9.17, 15) is 9.90 Å². The average Bonchev–Trinajstić information content (AvgIpc) is 3.04. The van der Waals surface area contributed by atoms with E-state index in [2.05, 4.69) is 17.1 Å². The number of fused-ring (bicyclic) bond motifs is 2. The Morgan fingerprint density at radius 1 is 1.39 bits per heavy atom. The van der Waals surface area contributed by atoms with Gasteiger partial charge in [-0.2, -0.15) is 0 Å². The van der Waals surface area contributed by atoms with Gasteiger partial charge >= 0.3 is 5.97 Å². The Labute approximate surface area is 108 Å².